The fourth-order valence-corrected chi connectivity index (χ4v) is 4.27. The summed E-state index contributed by atoms with van der Waals surface area (Å²) in [5, 5.41) is 0. The number of piperidine rings is 2. The Balaban J connectivity index is 1.76. The molecule has 0 spiro atoms. The first-order chi connectivity index (χ1) is 12.4. The van der Waals surface area contributed by atoms with E-state index in [0.29, 0.717) is 17.8 Å². The quantitative estimate of drug-likeness (QED) is 0.674. The summed E-state index contributed by atoms with van der Waals surface area (Å²) < 4.78 is 0. The van der Waals surface area contributed by atoms with Gasteiger partial charge in [0.2, 0.25) is 11.8 Å². The number of carbonyl (C=O) groups excluding carboxylic acids is 2. The van der Waals surface area contributed by atoms with Crippen LogP contribution < -0.4 is 0 Å². The predicted molar refractivity (Wildman–Crippen MR) is 107 cm³/mol. The van der Waals surface area contributed by atoms with E-state index in [-0.39, 0.29) is 11.8 Å². The summed E-state index contributed by atoms with van der Waals surface area (Å²) in [6.07, 6.45) is 10.6. The molecule has 2 atom stereocenters. The van der Waals surface area contributed by atoms with Crippen LogP contribution in [0.5, 0.6) is 0 Å². The lowest BCUT2D eigenvalue weighted by Gasteiger charge is -2.35. The van der Waals surface area contributed by atoms with Crippen LogP contribution in [0.1, 0.15) is 52.9 Å². The van der Waals surface area contributed by atoms with Crippen molar-refractivity contribution in [1.82, 2.24) is 9.80 Å². The highest BCUT2D eigenvalue weighted by molar-refractivity contribution is 5.87. The molecule has 1 unspecified atom stereocenters. The summed E-state index contributed by atoms with van der Waals surface area (Å²) in [7, 11) is 0. The minimum absolute atomic E-state index is 0.0393. The highest BCUT2D eigenvalue weighted by Crippen LogP contribution is 2.27. The average molecular weight is 361 g/mol. The van der Waals surface area contributed by atoms with E-state index in [1.54, 1.807) is 6.08 Å². The summed E-state index contributed by atoms with van der Waals surface area (Å²) in [6, 6.07) is 0. The Morgan fingerprint density at radius 1 is 1.00 bits per heavy atom. The van der Waals surface area contributed by atoms with E-state index in [1.165, 1.54) is 6.08 Å². The van der Waals surface area contributed by atoms with Crippen molar-refractivity contribution in [3.8, 4) is 0 Å². The lowest BCUT2D eigenvalue weighted by atomic mass is 9.84. The Morgan fingerprint density at radius 3 is 2.31 bits per heavy atom. The van der Waals surface area contributed by atoms with Crippen molar-refractivity contribution in [1.29, 1.82) is 0 Å². The molecule has 0 aliphatic carbocycles. The van der Waals surface area contributed by atoms with Crippen molar-refractivity contribution in [3.63, 3.8) is 0 Å². The molecule has 26 heavy (non-hydrogen) atoms. The molecule has 0 bridgehead atoms. The van der Waals surface area contributed by atoms with E-state index in [4.69, 9.17) is 0 Å². The maximum atomic E-state index is 12.4. The monoisotopic (exact) mass is 360 g/mol. The molecule has 0 aromatic heterocycles. The van der Waals surface area contributed by atoms with E-state index in [2.05, 4.69) is 27.4 Å². The number of amides is 2. The van der Waals surface area contributed by atoms with Crippen LogP contribution in [0.15, 0.2) is 24.8 Å². The average Bonchev–Trinajstić information content (AvgIpc) is 2.67. The minimum atomic E-state index is 0.0393. The van der Waals surface area contributed by atoms with Gasteiger partial charge in [0, 0.05) is 26.2 Å². The smallest absolute Gasteiger partial charge is 0.246 e. The SMILES string of the molecule is C=CC(=O)N1CCC[C@H](C(C)C/C=C/C(=O)N2CCC(C(C)C)CC2)C1. The van der Waals surface area contributed by atoms with Crippen molar-refractivity contribution in [2.24, 2.45) is 23.7 Å². The summed E-state index contributed by atoms with van der Waals surface area (Å²) in [5.74, 6) is 2.66. The molecular weight excluding hydrogens is 324 g/mol. The van der Waals surface area contributed by atoms with Gasteiger partial charge in [0.15, 0.2) is 0 Å². The molecule has 0 saturated carbocycles. The third kappa shape index (κ3) is 5.72. The lowest BCUT2D eigenvalue weighted by molar-refractivity contribution is -0.128. The van der Waals surface area contributed by atoms with E-state index < -0.39 is 0 Å². The summed E-state index contributed by atoms with van der Waals surface area (Å²) in [6.45, 7) is 13.8. The van der Waals surface area contributed by atoms with Gasteiger partial charge >= 0.3 is 0 Å². The molecule has 4 heteroatoms. The molecule has 0 N–H and O–H groups in total. The molecule has 2 aliphatic heterocycles. The van der Waals surface area contributed by atoms with Crippen LogP contribution in [0, 0.1) is 23.7 Å². The van der Waals surface area contributed by atoms with Gasteiger partial charge in [-0.15, -0.1) is 0 Å². The summed E-state index contributed by atoms with van der Waals surface area (Å²) >= 11 is 0. The Hall–Kier alpha value is -1.58. The summed E-state index contributed by atoms with van der Waals surface area (Å²) in [4.78, 5) is 28.1. The van der Waals surface area contributed by atoms with E-state index in [1.807, 2.05) is 15.9 Å². The first kappa shape index (κ1) is 20.7. The van der Waals surface area contributed by atoms with Crippen LogP contribution >= 0.6 is 0 Å². The molecule has 146 valence electrons. The Kier molecular flexibility index (Phi) is 7.92. The second kappa shape index (κ2) is 9.94. The maximum Gasteiger partial charge on any atom is 0.246 e. The van der Waals surface area contributed by atoms with Gasteiger partial charge < -0.3 is 9.80 Å². The van der Waals surface area contributed by atoms with Gasteiger partial charge in [0.25, 0.3) is 0 Å². The summed E-state index contributed by atoms with van der Waals surface area (Å²) in [5.41, 5.74) is 0. The molecule has 0 radical (unpaired) electrons. The first-order valence-electron chi connectivity index (χ1n) is 10.3. The highest BCUT2D eigenvalue weighted by atomic mass is 16.2. The van der Waals surface area contributed by atoms with Gasteiger partial charge in [-0.05, 0) is 67.9 Å². The van der Waals surface area contributed by atoms with Crippen LogP contribution in [0.25, 0.3) is 0 Å². The molecule has 2 fully saturated rings. The number of carbonyl (C=O) groups is 2. The van der Waals surface area contributed by atoms with Crippen molar-refractivity contribution in [2.45, 2.75) is 52.9 Å². The standard InChI is InChI=1S/C22H36N2O2/c1-5-21(25)24-13-7-9-20(16-24)18(4)8-6-10-22(26)23-14-11-19(12-15-23)17(2)3/h5-6,10,17-20H,1,7-9,11-16H2,2-4H3/b10-6+/t18?,20-/m0/s1. The van der Waals surface area contributed by atoms with Gasteiger partial charge in [-0.25, -0.2) is 0 Å². The predicted octanol–water partition coefficient (Wildman–Crippen LogP) is 3.89. The zero-order valence-corrected chi connectivity index (χ0v) is 16.8. The van der Waals surface area contributed by atoms with Crippen LogP contribution in [0.4, 0.5) is 0 Å². The second-order valence-corrected chi connectivity index (χ2v) is 8.41. The van der Waals surface area contributed by atoms with Crippen molar-refractivity contribution in [2.75, 3.05) is 26.2 Å². The molecule has 2 aliphatic rings. The van der Waals surface area contributed by atoms with E-state index in [0.717, 1.165) is 64.2 Å². The molecule has 2 saturated heterocycles. The largest absolute Gasteiger partial charge is 0.339 e. The Labute approximate surface area is 159 Å². The second-order valence-electron chi connectivity index (χ2n) is 8.41. The third-order valence-electron chi connectivity index (χ3n) is 6.31. The molecule has 4 nitrogen and oxygen atoms in total. The first-order valence-corrected chi connectivity index (χ1v) is 10.3. The maximum absolute atomic E-state index is 12.4. The fourth-order valence-electron chi connectivity index (χ4n) is 4.27. The van der Waals surface area contributed by atoms with Crippen molar-refractivity contribution in [3.05, 3.63) is 24.8 Å². The van der Waals surface area contributed by atoms with Gasteiger partial charge in [-0.3, -0.25) is 9.59 Å². The van der Waals surface area contributed by atoms with Crippen molar-refractivity contribution < 1.29 is 9.59 Å². The van der Waals surface area contributed by atoms with E-state index >= 15 is 0 Å². The van der Waals surface area contributed by atoms with Gasteiger partial charge in [-0.2, -0.15) is 0 Å². The third-order valence-corrected chi connectivity index (χ3v) is 6.31. The Morgan fingerprint density at radius 2 is 1.69 bits per heavy atom. The molecule has 2 amide bonds. The topological polar surface area (TPSA) is 40.6 Å². The van der Waals surface area contributed by atoms with Crippen molar-refractivity contribution >= 4 is 11.8 Å². The number of likely N-dealkylation sites (tertiary alicyclic amines) is 2. The van der Waals surface area contributed by atoms with E-state index in [9.17, 15) is 9.59 Å². The van der Waals surface area contributed by atoms with Gasteiger partial charge in [0.1, 0.15) is 0 Å². The zero-order chi connectivity index (χ0) is 19.1. The highest BCUT2D eigenvalue weighted by Gasteiger charge is 2.26. The van der Waals surface area contributed by atoms with Crippen LogP contribution in [0.3, 0.4) is 0 Å². The van der Waals surface area contributed by atoms with Gasteiger partial charge in [-0.1, -0.05) is 33.4 Å². The number of hydrogen-bond donors (Lipinski definition) is 0. The number of hydrogen-bond acceptors (Lipinski definition) is 2. The molecule has 2 rings (SSSR count). The molecule has 2 heterocycles. The fraction of sp³-hybridized carbons (Fsp3) is 0.727. The Bertz CT molecular complexity index is 518. The van der Waals surface area contributed by atoms with Gasteiger partial charge in [0.05, 0.1) is 0 Å². The lowest BCUT2D eigenvalue weighted by Crippen LogP contribution is -2.40. The normalized spacial score (nSPS) is 23.5. The van der Waals surface area contributed by atoms with Crippen LogP contribution in [-0.2, 0) is 9.59 Å². The zero-order valence-electron chi connectivity index (χ0n) is 16.8. The minimum Gasteiger partial charge on any atom is -0.339 e. The molecule has 0 aromatic rings. The number of nitrogens with zero attached hydrogens (tertiary/aromatic N) is 2. The van der Waals surface area contributed by atoms with Crippen LogP contribution in [0.2, 0.25) is 0 Å². The molecule has 0 aromatic carbocycles. The number of rotatable bonds is 6. The van der Waals surface area contributed by atoms with Crippen LogP contribution in [-0.4, -0.2) is 47.8 Å². The molecular formula is C22H36N2O2. The number of allylic oxidation sites excluding steroid dienone is 1.